The quantitative estimate of drug-likeness (QED) is 0.884. The number of carbonyl (C=O) groups is 2. The normalized spacial score (nSPS) is 17.7. The molecule has 1 aliphatic rings. The average Bonchev–Trinajstić information content (AvgIpc) is 3.27. The molecule has 2 amide bonds. The van der Waals surface area contributed by atoms with Crippen molar-refractivity contribution in [3.05, 3.63) is 46.0 Å². The number of carbonyl (C=O) groups excluding carboxylic acids is 2. The van der Waals surface area contributed by atoms with Crippen LogP contribution in [0, 0.1) is 5.92 Å². The summed E-state index contributed by atoms with van der Waals surface area (Å²) in [6.45, 7) is 3.54. The molecular weight excluding hydrogens is 312 g/mol. The number of likely N-dealkylation sites (tertiary alicyclic amines) is 1. The van der Waals surface area contributed by atoms with Crippen molar-refractivity contribution in [3.8, 4) is 0 Å². The molecular formula is C17H20N2O3S. The maximum atomic E-state index is 12.3. The molecule has 1 fully saturated rings. The Hall–Kier alpha value is -2.08. The summed E-state index contributed by atoms with van der Waals surface area (Å²) in [5.74, 6) is 0.422. The van der Waals surface area contributed by atoms with Gasteiger partial charge in [-0.15, -0.1) is 11.3 Å². The van der Waals surface area contributed by atoms with Gasteiger partial charge < -0.3 is 14.6 Å². The van der Waals surface area contributed by atoms with Crippen LogP contribution in [0.1, 0.15) is 28.9 Å². The highest BCUT2D eigenvalue weighted by Crippen LogP contribution is 2.21. The molecule has 1 aliphatic heterocycles. The van der Waals surface area contributed by atoms with E-state index in [4.69, 9.17) is 4.42 Å². The number of hydrogen-bond acceptors (Lipinski definition) is 4. The van der Waals surface area contributed by atoms with Gasteiger partial charge >= 0.3 is 0 Å². The summed E-state index contributed by atoms with van der Waals surface area (Å²) in [6.07, 6.45) is 2.88. The van der Waals surface area contributed by atoms with Crippen molar-refractivity contribution < 1.29 is 14.0 Å². The minimum absolute atomic E-state index is 0.00550. The fourth-order valence-electron chi connectivity index (χ4n) is 2.72. The van der Waals surface area contributed by atoms with Crippen LogP contribution in [0.2, 0.25) is 0 Å². The fourth-order valence-corrected chi connectivity index (χ4v) is 3.61. The molecule has 0 aromatic carbocycles. The summed E-state index contributed by atoms with van der Waals surface area (Å²) in [5, 5.41) is 2.95. The molecule has 0 saturated carbocycles. The van der Waals surface area contributed by atoms with Crippen LogP contribution in [0.3, 0.4) is 0 Å². The van der Waals surface area contributed by atoms with Crippen LogP contribution in [-0.4, -0.2) is 23.3 Å². The third kappa shape index (κ3) is 3.82. The van der Waals surface area contributed by atoms with Crippen LogP contribution in [0.4, 0.5) is 0 Å². The minimum atomic E-state index is -0.275. The van der Waals surface area contributed by atoms with Gasteiger partial charge in [0.1, 0.15) is 5.76 Å². The number of rotatable bonds is 6. The Bertz CT molecular complexity index is 678. The third-order valence-electron chi connectivity index (χ3n) is 4.01. The number of nitrogens with zero attached hydrogens (tertiary/aromatic N) is 1. The van der Waals surface area contributed by atoms with Crippen molar-refractivity contribution >= 4 is 23.2 Å². The Morgan fingerprint density at radius 2 is 2.22 bits per heavy atom. The molecule has 3 heterocycles. The summed E-state index contributed by atoms with van der Waals surface area (Å²) in [4.78, 5) is 28.5. The van der Waals surface area contributed by atoms with E-state index in [0.717, 1.165) is 17.1 Å². The molecule has 0 aliphatic carbocycles. The van der Waals surface area contributed by atoms with Crippen molar-refractivity contribution in [1.82, 2.24) is 10.2 Å². The second kappa shape index (κ2) is 7.00. The molecule has 1 N–H and O–H groups in total. The van der Waals surface area contributed by atoms with Gasteiger partial charge in [-0.2, -0.15) is 0 Å². The highest BCUT2D eigenvalue weighted by atomic mass is 32.1. The SMILES string of the molecule is CCc1ccc(CNC(=O)C2CC(=O)N(Cc3ccco3)C2)s1. The third-order valence-corrected chi connectivity index (χ3v) is 5.24. The Balaban J connectivity index is 1.51. The van der Waals surface area contributed by atoms with E-state index >= 15 is 0 Å². The summed E-state index contributed by atoms with van der Waals surface area (Å²) >= 11 is 1.72. The topological polar surface area (TPSA) is 62.6 Å². The van der Waals surface area contributed by atoms with Gasteiger partial charge in [-0.3, -0.25) is 9.59 Å². The Morgan fingerprint density at radius 3 is 2.91 bits per heavy atom. The maximum absolute atomic E-state index is 12.3. The Morgan fingerprint density at radius 1 is 1.39 bits per heavy atom. The van der Waals surface area contributed by atoms with E-state index in [9.17, 15) is 9.59 Å². The number of thiophene rings is 1. The number of hydrogen-bond donors (Lipinski definition) is 1. The molecule has 3 rings (SSSR count). The highest BCUT2D eigenvalue weighted by molar-refractivity contribution is 7.11. The molecule has 2 aromatic heterocycles. The minimum Gasteiger partial charge on any atom is -0.467 e. The van der Waals surface area contributed by atoms with Gasteiger partial charge in [-0.25, -0.2) is 0 Å². The first-order valence-corrected chi connectivity index (χ1v) is 8.62. The van der Waals surface area contributed by atoms with Gasteiger partial charge in [-0.05, 0) is 30.7 Å². The molecule has 2 aromatic rings. The number of nitrogens with one attached hydrogen (secondary N) is 1. The van der Waals surface area contributed by atoms with Gasteiger partial charge in [0.25, 0.3) is 0 Å². The predicted octanol–water partition coefficient (Wildman–Crippen LogP) is 2.57. The molecule has 0 radical (unpaired) electrons. The second-order valence-corrected chi connectivity index (χ2v) is 6.95. The number of aryl methyl sites for hydroxylation is 1. The average molecular weight is 332 g/mol. The van der Waals surface area contributed by atoms with E-state index < -0.39 is 0 Å². The lowest BCUT2D eigenvalue weighted by Crippen LogP contribution is -2.32. The van der Waals surface area contributed by atoms with E-state index in [0.29, 0.717) is 19.6 Å². The van der Waals surface area contributed by atoms with E-state index in [-0.39, 0.29) is 24.2 Å². The molecule has 5 nitrogen and oxygen atoms in total. The first-order chi connectivity index (χ1) is 11.2. The zero-order valence-corrected chi connectivity index (χ0v) is 13.9. The van der Waals surface area contributed by atoms with Gasteiger partial charge in [0, 0.05) is 22.7 Å². The van der Waals surface area contributed by atoms with E-state index in [1.807, 2.05) is 12.1 Å². The maximum Gasteiger partial charge on any atom is 0.225 e. The van der Waals surface area contributed by atoms with Crippen molar-refractivity contribution in [2.45, 2.75) is 32.9 Å². The first-order valence-electron chi connectivity index (χ1n) is 7.81. The molecule has 1 saturated heterocycles. The van der Waals surface area contributed by atoms with Crippen LogP contribution in [0.5, 0.6) is 0 Å². The largest absolute Gasteiger partial charge is 0.467 e. The molecule has 1 unspecified atom stereocenters. The summed E-state index contributed by atoms with van der Waals surface area (Å²) in [5.41, 5.74) is 0. The van der Waals surface area contributed by atoms with Crippen molar-refractivity contribution in [3.63, 3.8) is 0 Å². The van der Waals surface area contributed by atoms with Gasteiger partial charge in [0.05, 0.1) is 25.3 Å². The Kier molecular flexibility index (Phi) is 4.81. The zero-order chi connectivity index (χ0) is 16.2. The van der Waals surface area contributed by atoms with Crippen LogP contribution in [0.25, 0.3) is 0 Å². The number of amides is 2. The van der Waals surface area contributed by atoms with E-state index in [1.165, 1.54) is 4.88 Å². The first kappa shape index (κ1) is 15.8. The highest BCUT2D eigenvalue weighted by Gasteiger charge is 2.34. The van der Waals surface area contributed by atoms with Gasteiger partial charge in [-0.1, -0.05) is 6.92 Å². The predicted molar refractivity (Wildman–Crippen MR) is 87.8 cm³/mol. The summed E-state index contributed by atoms with van der Waals surface area (Å²) in [6, 6.07) is 7.78. The molecule has 0 bridgehead atoms. The summed E-state index contributed by atoms with van der Waals surface area (Å²) < 4.78 is 5.26. The van der Waals surface area contributed by atoms with Crippen LogP contribution in [0.15, 0.2) is 34.9 Å². The van der Waals surface area contributed by atoms with Crippen LogP contribution < -0.4 is 5.32 Å². The van der Waals surface area contributed by atoms with Crippen LogP contribution in [-0.2, 0) is 29.1 Å². The van der Waals surface area contributed by atoms with Crippen LogP contribution >= 0.6 is 11.3 Å². The molecule has 122 valence electrons. The van der Waals surface area contributed by atoms with E-state index in [1.54, 1.807) is 28.6 Å². The van der Waals surface area contributed by atoms with Crippen molar-refractivity contribution in [2.24, 2.45) is 5.92 Å². The zero-order valence-electron chi connectivity index (χ0n) is 13.1. The molecule has 6 heteroatoms. The number of furan rings is 1. The second-order valence-electron chi connectivity index (χ2n) is 5.69. The molecule has 0 spiro atoms. The smallest absolute Gasteiger partial charge is 0.225 e. The lowest BCUT2D eigenvalue weighted by Gasteiger charge is -2.14. The van der Waals surface area contributed by atoms with Gasteiger partial charge in [0.2, 0.25) is 11.8 Å². The van der Waals surface area contributed by atoms with Crippen molar-refractivity contribution in [1.29, 1.82) is 0 Å². The standard InChI is InChI=1S/C17H20N2O3S/c1-2-14-5-6-15(23-14)9-18-17(21)12-8-16(20)19(10-12)11-13-4-3-7-22-13/h3-7,12H,2,8-11H2,1H3,(H,18,21). The Labute approximate surface area is 139 Å². The van der Waals surface area contributed by atoms with Gasteiger partial charge in [0.15, 0.2) is 0 Å². The fraction of sp³-hybridized carbons (Fsp3) is 0.412. The summed E-state index contributed by atoms with van der Waals surface area (Å²) in [7, 11) is 0. The van der Waals surface area contributed by atoms with Crippen molar-refractivity contribution in [2.75, 3.05) is 6.54 Å². The lowest BCUT2D eigenvalue weighted by molar-refractivity contribution is -0.129. The monoisotopic (exact) mass is 332 g/mol. The van der Waals surface area contributed by atoms with E-state index in [2.05, 4.69) is 18.3 Å². The lowest BCUT2D eigenvalue weighted by atomic mass is 10.1. The molecule has 1 atom stereocenters. The molecule has 23 heavy (non-hydrogen) atoms.